The molecular weight excluding hydrogens is 166 g/mol. The van der Waals surface area contributed by atoms with Gasteiger partial charge in [-0.1, -0.05) is 0 Å². The van der Waals surface area contributed by atoms with Crippen molar-refractivity contribution in [1.29, 1.82) is 0 Å². The molecule has 0 aliphatic rings. The Bertz CT molecular complexity index is 186. The number of nitrogens with one attached hydrogen (secondary N) is 2. The van der Waals surface area contributed by atoms with E-state index >= 15 is 0 Å². The molecule has 4 nitrogen and oxygen atoms in total. The normalized spacial score (nSPS) is 11.8. The molecule has 0 aromatic heterocycles. The second-order valence-electron chi connectivity index (χ2n) is 2.72. The summed E-state index contributed by atoms with van der Waals surface area (Å²) in [4.78, 5) is 11.0. The molecule has 0 saturated heterocycles. The molecule has 13 heavy (non-hydrogen) atoms. The smallest absolute Gasteiger partial charge is 0.221 e. The number of carbonyl (C=O) groups is 1. The Morgan fingerprint density at radius 1 is 1.69 bits per heavy atom. The zero-order valence-corrected chi connectivity index (χ0v) is 7.97. The van der Waals surface area contributed by atoms with Crippen molar-refractivity contribution in [3.8, 4) is 12.3 Å². The Labute approximate surface area is 79.3 Å². The number of amides is 1. The molecule has 4 heteroatoms. The summed E-state index contributed by atoms with van der Waals surface area (Å²) in [6.07, 6.45) is 6.14. The molecule has 4 N–H and O–H groups in total. The molecule has 0 fully saturated rings. The van der Waals surface area contributed by atoms with E-state index in [4.69, 9.17) is 12.2 Å². The van der Waals surface area contributed by atoms with Crippen LogP contribution >= 0.6 is 0 Å². The van der Waals surface area contributed by atoms with Crippen LogP contribution < -0.4 is 16.4 Å². The predicted octanol–water partition coefficient (Wildman–Crippen LogP) is -0.937. The maximum absolute atomic E-state index is 11.0. The molecule has 1 unspecified atom stereocenters. The average molecular weight is 183 g/mol. The highest BCUT2D eigenvalue weighted by atomic mass is 16.1. The summed E-state index contributed by atoms with van der Waals surface area (Å²) in [5, 5.41) is 5.65. The summed E-state index contributed by atoms with van der Waals surface area (Å²) in [5.41, 5.74) is 5.46. The van der Waals surface area contributed by atoms with E-state index in [1.807, 2.05) is 0 Å². The molecule has 0 aromatic rings. The first kappa shape index (κ1) is 11.9. The van der Waals surface area contributed by atoms with Crippen LogP contribution in [-0.4, -0.2) is 32.1 Å². The van der Waals surface area contributed by atoms with Crippen molar-refractivity contribution in [2.75, 3.05) is 20.1 Å². The molecule has 1 atom stereocenters. The second-order valence-corrected chi connectivity index (χ2v) is 2.72. The third kappa shape index (κ3) is 6.14. The highest BCUT2D eigenvalue weighted by Gasteiger charge is 2.09. The Morgan fingerprint density at radius 2 is 2.38 bits per heavy atom. The molecule has 0 spiro atoms. The first-order chi connectivity index (χ1) is 6.24. The van der Waals surface area contributed by atoms with Crippen LogP contribution in [-0.2, 0) is 4.79 Å². The van der Waals surface area contributed by atoms with Gasteiger partial charge in [-0.3, -0.25) is 4.79 Å². The fraction of sp³-hybridized carbons (Fsp3) is 0.667. The largest absolute Gasteiger partial charge is 0.359 e. The minimum atomic E-state index is -0.0105. The number of terminal acetylenes is 1. The van der Waals surface area contributed by atoms with E-state index in [0.29, 0.717) is 25.9 Å². The van der Waals surface area contributed by atoms with Gasteiger partial charge >= 0.3 is 0 Å². The molecule has 0 heterocycles. The molecule has 0 aliphatic heterocycles. The van der Waals surface area contributed by atoms with Gasteiger partial charge in [-0.2, -0.15) is 0 Å². The van der Waals surface area contributed by atoms with Crippen molar-refractivity contribution in [2.45, 2.75) is 18.9 Å². The van der Waals surface area contributed by atoms with Crippen molar-refractivity contribution in [1.82, 2.24) is 10.6 Å². The number of nitrogens with two attached hydrogens (primary N) is 1. The quantitative estimate of drug-likeness (QED) is 0.368. The van der Waals surface area contributed by atoms with Crippen molar-refractivity contribution in [3.05, 3.63) is 0 Å². The minimum absolute atomic E-state index is 0.0105. The SMILES string of the molecule is C#CCCNC(CN)CC(=O)NC. The summed E-state index contributed by atoms with van der Waals surface area (Å²) >= 11 is 0. The minimum Gasteiger partial charge on any atom is -0.359 e. The number of hydrogen-bond donors (Lipinski definition) is 3. The van der Waals surface area contributed by atoms with E-state index in [1.54, 1.807) is 7.05 Å². The molecule has 74 valence electrons. The van der Waals surface area contributed by atoms with Crippen molar-refractivity contribution in [3.63, 3.8) is 0 Å². The molecule has 0 bridgehead atoms. The second kappa shape index (κ2) is 7.59. The Hall–Kier alpha value is -1.05. The van der Waals surface area contributed by atoms with E-state index in [2.05, 4.69) is 16.6 Å². The number of hydrogen-bond acceptors (Lipinski definition) is 3. The molecule has 0 aliphatic carbocycles. The fourth-order valence-corrected chi connectivity index (χ4v) is 0.913. The molecular formula is C9H17N3O. The number of rotatable bonds is 6. The Kier molecular flexibility index (Phi) is 6.98. The van der Waals surface area contributed by atoms with Gasteiger partial charge in [0.1, 0.15) is 0 Å². The lowest BCUT2D eigenvalue weighted by molar-refractivity contribution is -0.121. The molecule has 0 aromatic carbocycles. The summed E-state index contributed by atoms with van der Waals surface area (Å²) < 4.78 is 0. The maximum atomic E-state index is 11.0. The summed E-state index contributed by atoms with van der Waals surface area (Å²) in [7, 11) is 1.61. The van der Waals surface area contributed by atoms with Gasteiger partial charge in [0.05, 0.1) is 0 Å². The zero-order chi connectivity index (χ0) is 10.1. The Balaban J connectivity index is 3.64. The summed E-state index contributed by atoms with van der Waals surface area (Å²) in [5.74, 6) is 2.50. The van der Waals surface area contributed by atoms with Crippen LogP contribution in [0.15, 0.2) is 0 Å². The molecule has 1 amide bonds. The van der Waals surface area contributed by atoms with Crippen LogP contribution in [0.3, 0.4) is 0 Å². The van der Waals surface area contributed by atoms with Crippen LogP contribution in [0, 0.1) is 12.3 Å². The lowest BCUT2D eigenvalue weighted by Crippen LogP contribution is -2.40. The maximum Gasteiger partial charge on any atom is 0.221 e. The van der Waals surface area contributed by atoms with E-state index in [1.165, 1.54) is 0 Å². The van der Waals surface area contributed by atoms with Crippen LogP contribution in [0.4, 0.5) is 0 Å². The predicted molar refractivity (Wildman–Crippen MR) is 53.0 cm³/mol. The van der Waals surface area contributed by atoms with Gasteiger partial charge in [0.2, 0.25) is 5.91 Å². The third-order valence-corrected chi connectivity index (χ3v) is 1.70. The monoisotopic (exact) mass is 183 g/mol. The van der Waals surface area contributed by atoms with Crippen LogP contribution in [0.1, 0.15) is 12.8 Å². The zero-order valence-electron chi connectivity index (χ0n) is 7.97. The van der Waals surface area contributed by atoms with Gasteiger partial charge in [-0.05, 0) is 0 Å². The lowest BCUT2D eigenvalue weighted by Gasteiger charge is -2.14. The van der Waals surface area contributed by atoms with Crippen LogP contribution in [0.5, 0.6) is 0 Å². The van der Waals surface area contributed by atoms with E-state index in [0.717, 1.165) is 0 Å². The van der Waals surface area contributed by atoms with E-state index in [9.17, 15) is 4.79 Å². The topological polar surface area (TPSA) is 67.1 Å². The van der Waals surface area contributed by atoms with Crippen LogP contribution in [0.2, 0.25) is 0 Å². The molecule has 0 radical (unpaired) electrons. The van der Waals surface area contributed by atoms with Gasteiger partial charge in [0.25, 0.3) is 0 Å². The van der Waals surface area contributed by atoms with Crippen LogP contribution in [0.25, 0.3) is 0 Å². The van der Waals surface area contributed by atoms with Gasteiger partial charge in [0.15, 0.2) is 0 Å². The van der Waals surface area contributed by atoms with Crippen molar-refractivity contribution >= 4 is 5.91 Å². The molecule has 0 saturated carbocycles. The highest BCUT2D eigenvalue weighted by molar-refractivity contribution is 5.76. The Morgan fingerprint density at radius 3 is 2.85 bits per heavy atom. The standard InChI is InChI=1S/C9H17N3O/c1-3-4-5-12-8(7-10)6-9(13)11-2/h1,8,12H,4-7,10H2,2H3,(H,11,13). The van der Waals surface area contributed by atoms with Gasteiger partial charge in [-0.15, -0.1) is 12.3 Å². The fourth-order valence-electron chi connectivity index (χ4n) is 0.913. The average Bonchev–Trinajstić information content (AvgIpc) is 2.16. The van der Waals surface area contributed by atoms with E-state index < -0.39 is 0 Å². The molecule has 0 rings (SSSR count). The van der Waals surface area contributed by atoms with Crippen molar-refractivity contribution in [2.24, 2.45) is 5.73 Å². The first-order valence-electron chi connectivity index (χ1n) is 4.32. The highest BCUT2D eigenvalue weighted by Crippen LogP contribution is 1.89. The summed E-state index contributed by atoms with van der Waals surface area (Å²) in [6.45, 7) is 1.15. The van der Waals surface area contributed by atoms with Crippen molar-refractivity contribution < 1.29 is 4.79 Å². The third-order valence-electron chi connectivity index (χ3n) is 1.70. The van der Waals surface area contributed by atoms with E-state index in [-0.39, 0.29) is 11.9 Å². The first-order valence-corrected chi connectivity index (χ1v) is 4.32. The van der Waals surface area contributed by atoms with Gasteiger partial charge in [-0.25, -0.2) is 0 Å². The summed E-state index contributed by atoms with van der Waals surface area (Å²) in [6, 6.07) is 0.0216. The lowest BCUT2D eigenvalue weighted by atomic mass is 10.2. The van der Waals surface area contributed by atoms with Gasteiger partial charge in [0, 0.05) is 39.0 Å². The van der Waals surface area contributed by atoms with Gasteiger partial charge < -0.3 is 16.4 Å². The number of carbonyl (C=O) groups excluding carboxylic acids is 1.